The van der Waals surface area contributed by atoms with Gasteiger partial charge in [0, 0.05) is 104 Å². The molecule has 3 aliphatic heterocycles. The molecular formula is C57H36N6. The molecule has 63 heavy (non-hydrogen) atoms. The molecule has 6 heterocycles. The molecule has 0 unspecified atom stereocenters. The SMILES string of the molecule is C(#Cc1cc(C#Cc2ccc(/C(=C3\C=CC=N3)c3ccc[nH]3)cc2)cc(C#Cc2ccc(/C(=C3/C=CC=N3)c3ccc[nH]3)cc2)c1)c1ccc(/C(=C2\C=CC=N2)c2ccc[nH]2)cc1. The Balaban J connectivity index is 0.962. The van der Waals surface area contributed by atoms with Gasteiger partial charge in [-0.05, 0) is 144 Å². The molecule has 3 aromatic heterocycles. The van der Waals surface area contributed by atoms with Crippen molar-refractivity contribution in [2.75, 3.05) is 0 Å². The molecule has 0 fully saturated rings. The Bertz CT molecular complexity index is 2910. The fourth-order valence-electron chi connectivity index (χ4n) is 7.56. The molecule has 0 amide bonds. The number of H-pyrrole nitrogens is 3. The van der Waals surface area contributed by atoms with Gasteiger partial charge >= 0.3 is 0 Å². The zero-order valence-corrected chi connectivity index (χ0v) is 33.9. The highest BCUT2D eigenvalue weighted by atomic mass is 14.8. The van der Waals surface area contributed by atoms with E-state index < -0.39 is 0 Å². The van der Waals surface area contributed by atoms with E-state index in [-0.39, 0.29) is 0 Å². The van der Waals surface area contributed by atoms with E-state index in [4.69, 9.17) is 0 Å². The van der Waals surface area contributed by atoms with E-state index in [1.807, 2.05) is 146 Å². The molecule has 4 aromatic carbocycles. The van der Waals surface area contributed by atoms with Crippen molar-refractivity contribution in [1.29, 1.82) is 0 Å². The van der Waals surface area contributed by atoms with Crippen LogP contribution in [0.2, 0.25) is 0 Å². The lowest BCUT2D eigenvalue weighted by Crippen LogP contribution is -1.92. The summed E-state index contributed by atoms with van der Waals surface area (Å²) < 4.78 is 0. The van der Waals surface area contributed by atoms with Crippen LogP contribution in [-0.2, 0) is 0 Å². The number of hydrogen-bond acceptors (Lipinski definition) is 3. The number of aliphatic imine (C=N–C) groups is 3. The van der Waals surface area contributed by atoms with Gasteiger partial charge in [-0.2, -0.15) is 0 Å². The van der Waals surface area contributed by atoms with E-state index in [1.54, 1.807) is 0 Å². The third kappa shape index (κ3) is 8.63. The van der Waals surface area contributed by atoms with Crippen LogP contribution < -0.4 is 0 Å². The average Bonchev–Trinajstić information content (AvgIpc) is 4.17. The predicted octanol–water partition coefficient (Wildman–Crippen LogP) is 11.1. The Hall–Kier alpha value is -9.15. The minimum atomic E-state index is 0.820. The highest BCUT2D eigenvalue weighted by Gasteiger charge is 2.15. The highest BCUT2D eigenvalue weighted by Crippen LogP contribution is 2.31. The standard InChI is InChI=1S/C57H36N6/c1-7-49(58-31-1)55(50-8-2-32-59-50)46-25-19-40(20-26-46)13-16-43-37-44(17-14-41-21-27-47(28-22-41)56(51-9-3-33-60-51)52-10-4-34-61-52)39-45(38-43)18-15-42-23-29-48(30-24-42)57(53-11-5-35-62-53)54-12-6-36-63-54/h1-12,19-39,58,60,62H/b55-50-,56-52-,57-54+. The summed E-state index contributed by atoms with van der Waals surface area (Å²) in [6.45, 7) is 0. The summed E-state index contributed by atoms with van der Waals surface area (Å²) in [7, 11) is 0. The van der Waals surface area contributed by atoms with Crippen LogP contribution in [0.5, 0.6) is 0 Å². The van der Waals surface area contributed by atoms with Gasteiger partial charge in [0.25, 0.3) is 0 Å². The Morgan fingerprint density at radius 2 is 0.619 bits per heavy atom. The van der Waals surface area contributed by atoms with Gasteiger partial charge in [-0.1, -0.05) is 71.9 Å². The lowest BCUT2D eigenvalue weighted by molar-refractivity contribution is 1.32. The Morgan fingerprint density at radius 1 is 0.333 bits per heavy atom. The van der Waals surface area contributed by atoms with Crippen molar-refractivity contribution in [1.82, 2.24) is 15.0 Å². The van der Waals surface area contributed by atoms with Crippen molar-refractivity contribution in [2.45, 2.75) is 0 Å². The summed E-state index contributed by atoms with van der Waals surface area (Å²) in [5, 5.41) is 0. The molecule has 0 atom stereocenters. The molecule has 0 saturated carbocycles. The van der Waals surface area contributed by atoms with Gasteiger partial charge in [0.15, 0.2) is 0 Å². The molecular weight excluding hydrogens is 769 g/mol. The minimum Gasteiger partial charge on any atom is -0.361 e. The van der Waals surface area contributed by atoms with Gasteiger partial charge < -0.3 is 15.0 Å². The summed E-state index contributed by atoms with van der Waals surface area (Å²) in [6, 6.07) is 43.1. The number of aromatic nitrogens is 3. The quantitative estimate of drug-likeness (QED) is 0.140. The maximum absolute atomic E-state index is 4.58. The topological polar surface area (TPSA) is 84.4 Å². The Morgan fingerprint density at radius 3 is 0.857 bits per heavy atom. The van der Waals surface area contributed by atoms with Crippen molar-refractivity contribution in [2.24, 2.45) is 15.0 Å². The fourth-order valence-corrected chi connectivity index (χ4v) is 7.56. The van der Waals surface area contributed by atoms with Crippen LogP contribution in [0.1, 0.15) is 67.2 Å². The minimum absolute atomic E-state index is 0.820. The number of nitrogens with zero attached hydrogens (tertiary/aromatic N) is 3. The third-order valence-electron chi connectivity index (χ3n) is 10.5. The second kappa shape index (κ2) is 17.6. The van der Waals surface area contributed by atoms with Crippen molar-refractivity contribution in [3.8, 4) is 35.5 Å². The van der Waals surface area contributed by atoms with Gasteiger partial charge in [-0.15, -0.1) is 0 Å². The molecule has 6 heteroatoms. The molecule has 0 spiro atoms. The largest absolute Gasteiger partial charge is 0.361 e. The van der Waals surface area contributed by atoms with Gasteiger partial charge in [-0.3, -0.25) is 15.0 Å². The predicted molar refractivity (Wildman–Crippen MR) is 257 cm³/mol. The van der Waals surface area contributed by atoms with Gasteiger partial charge in [0.05, 0.1) is 17.1 Å². The molecule has 7 aromatic rings. The van der Waals surface area contributed by atoms with Gasteiger partial charge in [0.1, 0.15) is 0 Å². The van der Waals surface area contributed by atoms with E-state index in [1.165, 1.54) is 0 Å². The number of nitrogens with one attached hydrogen (secondary N) is 3. The third-order valence-corrected chi connectivity index (χ3v) is 10.5. The normalized spacial score (nSPS) is 15.4. The number of benzene rings is 4. The van der Waals surface area contributed by atoms with Crippen molar-refractivity contribution >= 4 is 35.4 Å². The van der Waals surface area contributed by atoms with Gasteiger partial charge in [-0.25, -0.2) is 0 Å². The van der Waals surface area contributed by atoms with E-state index in [2.05, 4.69) is 120 Å². The molecule has 0 aliphatic carbocycles. The zero-order chi connectivity index (χ0) is 42.2. The second-order valence-corrected chi connectivity index (χ2v) is 14.7. The van der Waals surface area contributed by atoms with Crippen LogP contribution >= 0.6 is 0 Å². The van der Waals surface area contributed by atoms with E-state index in [0.717, 1.165) is 101 Å². The molecule has 0 saturated heterocycles. The Kier molecular flexibility index (Phi) is 10.6. The number of aromatic amines is 3. The van der Waals surface area contributed by atoms with Crippen LogP contribution in [-0.4, -0.2) is 33.6 Å². The first-order valence-corrected chi connectivity index (χ1v) is 20.5. The first kappa shape index (κ1) is 38.1. The van der Waals surface area contributed by atoms with Crippen LogP contribution in [0.4, 0.5) is 0 Å². The lowest BCUT2D eigenvalue weighted by Gasteiger charge is -2.08. The van der Waals surface area contributed by atoms with Crippen LogP contribution in [0.15, 0.2) is 215 Å². The number of allylic oxidation sites excluding steroid dienone is 6. The summed E-state index contributed by atoms with van der Waals surface area (Å²) in [6.07, 6.45) is 23.2. The zero-order valence-electron chi connectivity index (χ0n) is 33.9. The van der Waals surface area contributed by atoms with E-state index in [9.17, 15) is 0 Å². The molecule has 3 aliphatic rings. The second-order valence-electron chi connectivity index (χ2n) is 14.7. The van der Waals surface area contributed by atoms with Crippen molar-refractivity contribution < 1.29 is 0 Å². The molecule has 6 nitrogen and oxygen atoms in total. The smallest absolute Gasteiger partial charge is 0.0729 e. The summed E-state index contributed by atoms with van der Waals surface area (Å²) in [5.74, 6) is 20.3. The average molecular weight is 805 g/mol. The maximum atomic E-state index is 4.58. The highest BCUT2D eigenvalue weighted by molar-refractivity contribution is 5.90. The monoisotopic (exact) mass is 804 g/mol. The number of hydrogen-bond donors (Lipinski definition) is 3. The Labute approximate surface area is 366 Å². The summed E-state index contributed by atoms with van der Waals surface area (Å²) >= 11 is 0. The first-order valence-electron chi connectivity index (χ1n) is 20.5. The first-order chi connectivity index (χ1) is 31.2. The summed E-state index contributed by atoms with van der Waals surface area (Å²) in [4.78, 5) is 23.7. The van der Waals surface area contributed by atoms with Crippen molar-refractivity contribution in [3.63, 3.8) is 0 Å². The molecule has 0 radical (unpaired) electrons. The van der Waals surface area contributed by atoms with Crippen molar-refractivity contribution in [3.05, 3.63) is 267 Å². The molecule has 0 bridgehead atoms. The van der Waals surface area contributed by atoms with Crippen LogP contribution in [0, 0.1) is 35.5 Å². The van der Waals surface area contributed by atoms with Gasteiger partial charge in [0.2, 0.25) is 0 Å². The van der Waals surface area contributed by atoms with Crippen LogP contribution in [0.3, 0.4) is 0 Å². The maximum Gasteiger partial charge on any atom is 0.0729 e. The van der Waals surface area contributed by atoms with Crippen LogP contribution in [0.25, 0.3) is 16.7 Å². The number of rotatable bonds is 6. The van der Waals surface area contributed by atoms with E-state index in [0.29, 0.717) is 0 Å². The summed E-state index contributed by atoms with van der Waals surface area (Å²) in [5.41, 5.74) is 17.2. The fraction of sp³-hybridized carbons (Fsp3) is 0. The molecule has 10 rings (SSSR count). The lowest BCUT2D eigenvalue weighted by atomic mass is 9.98. The van der Waals surface area contributed by atoms with E-state index >= 15 is 0 Å². The molecule has 3 N–H and O–H groups in total. The molecule has 294 valence electrons.